The number of H-pyrrole nitrogens is 1. The zero-order chi connectivity index (χ0) is 23.7. The Morgan fingerprint density at radius 2 is 2.03 bits per heavy atom. The molecule has 1 aromatic heterocycles. The van der Waals surface area contributed by atoms with Crippen LogP contribution < -0.4 is 11.2 Å². The minimum Gasteiger partial charge on any atom is -0.456 e. The summed E-state index contributed by atoms with van der Waals surface area (Å²) in [6.07, 6.45) is -0.131. The summed E-state index contributed by atoms with van der Waals surface area (Å²) in [5.74, 6) is -0.435. The van der Waals surface area contributed by atoms with E-state index in [1.165, 1.54) is 10.8 Å². The molecule has 1 aliphatic heterocycles. The van der Waals surface area contributed by atoms with Gasteiger partial charge in [0, 0.05) is 31.4 Å². The highest BCUT2D eigenvalue weighted by Crippen LogP contribution is 2.55. The molecule has 1 aromatic carbocycles. The number of nitrogens with zero attached hydrogens (tertiary/aromatic N) is 1. The quantitative estimate of drug-likeness (QED) is 0.577. The van der Waals surface area contributed by atoms with Crippen molar-refractivity contribution in [1.82, 2.24) is 9.55 Å². The van der Waals surface area contributed by atoms with Crippen molar-refractivity contribution in [3.63, 3.8) is 0 Å². The van der Waals surface area contributed by atoms with E-state index in [2.05, 4.69) is 4.98 Å². The van der Waals surface area contributed by atoms with Gasteiger partial charge in [0.15, 0.2) is 0 Å². The summed E-state index contributed by atoms with van der Waals surface area (Å²) in [4.78, 5) is 39.3. The molecule has 1 saturated heterocycles. The van der Waals surface area contributed by atoms with Crippen LogP contribution in [0.4, 0.5) is 0 Å². The van der Waals surface area contributed by atoms with E-state index in [9.17, 15) is 19.5 Å². The molecule has 1 saturated carbocycles. The standard InChI is InChI=1S/C24H30N2O7/c1-13-12-26(24(30)25-21(13)28)22-18(17-11-16(17)9-10-31-3)19(27)20(33-22)14(2)32-23(29)15-7-5-4-6-8-15/h4-8,12,14,16-20,22,27H,9-11H2,1-3H3,(H,25,28,30)/t14-,16?,17?,18-,19+,20?,22-/m1/s1. The van der Waals surface area contributed by atoms with E-state index in [4.69, 9.17) is 14.2 Å². The normalized spacial score (nSPS) is 29.6. The SMILES string of the molecule is COCCC1CC1[C@@H]1[C@H](O)C([C@@H](C)OC(=O)c2ccccc2)O[C@H]1n1cc(C)c(=O)[nH]c1=O. The van der Waals surface area contributed by atoms with Crippen molar-refractivity contribution in [2.75, 3.05) is 13.7 Å². The number of esters is 1. The Morgan fingerprint density at radius 1 is 1.30 bits per heavy atom. The minimum atomic E-state index is -0.953. The van der Waals surface area contributed by atoms with Gasteiger partial charge in [-0.3, -0.25) is 14.3 Å². The van der Waals surface area contributed by atoms with Gasteiger partial charge in [-0.25, -0.2) is 9.59 Å². The van der Waals surface area contributed by atoms with E-state index >= 15 is 0 Å². The van der Waals surface area contributed by atoms with Gasteiger partial charge in [-0.15, -0.1) is 0 Å². The maximum Gasteiger partial charge on any atom is 0.338 e. The van der Waals surface area contributed by atoms with Crippen LogP contribution in [0.15, 0.2) is 46.1 Å². The van der Waals surface area contributed by atoms with E-state index in [0.717, 1.165) is 12.8 Å². The van der Waals surface area contributed by atoms with Crippen molar-refractivity contribution in [2.45, 2.75) is 51.2 Å². The van der Waals surface area contributed by atoms with Gasteiger partial charge in [-0.2, -0.15) is 0 Å². The summed E-state index contributed by atoms with van der Waals surface area (Å²) in [5, 5.41) is 11.3. The lowest BCUT2D eigenvalue weighted by molar-refractivity contribution is -0.0853. The van der Waals surface area contributed by atoms with Crippen LogP contribution in [0.25, 0.3) is 0 Å². The second kappa shape index (κ2) is 9.62. The number of carbonyl (C=O) groups is 1. The summed E-state index contributed by atoms with van der Waals surface area (Å²) in [6.45, 7) is 3.89. The Kier molecular flexibility index (Phi) is 6.83. The average Bonchev–Trinajstić information content (AvgIpc) is 3.48. The molecule has 9 nitrogen and oxygen atoms in total. The Labute approximate surface area is 191 Å². The third-order valence-corrected chi connectivity index (χ3v) is 6.71. The second-order valence-corrected chi connectivity index (χ2v) is 8.96. The topological polar surface area (TPSA) is 120 Å². The first-order valence-electron chi connectivity index (χ1n) is 11.2. The summed E-state index contributed by atoms with van der Waals surface area (Å²) in [5.41, 5.74) is -0.293. The molecule has 2 aliphatic rings. The van der Waals surface area contributed by atoms with Crippen LogP contribution in [-0.4, -0.2) is 52.7 Å². The highest BCUT2D eigenvalue weighted by molar-refractivity contribution is 5.89. The third kappa shape index (κ3) is 4.80. The van der Waals surface area contributed by atoms with Crippen LogP contribution in [0.5, 0.6) is 0 Å². The fourth-order valence-corrected chi connectivity index (χ4v) is 4.82. The lowest BCUT2D eigenvalue weighted by Crippen LogP contribution is -2.38. The summed E-state index contributed by atoms with van der Waals surface area (Å²) in [7, 11) is 1.65. The van der Waals surface area contributed by atoms with Crippen LogP contribution in [0.2, 0.25) is 0 Å². The monoisotopic (exact) mass is 458 g/mol. The molecule has 0 radical (unpaired) electrons. The first kappa shape index (κ1) is 23.4. The Balaban J connectivity index is 1.59. The number of rotatable bonds is 8. The number of aryl methyl sites for hydroxylation is 1. The molecule has 0 spiro atoms. The molecule has 2 aromatic rings. The van der Waals surface area contributed by atoms with Gasteiger partial charge in [0.25, 0.3) is 5.56 Å². The third-order valence-electron chi connectivity index (χ3n) is 6.71. The molecule has 0 bridgehead atoms. The molecule has 7 atom stereocenters. The van der Waals surface area contributed by atoms with Crippen LogP contribution in [0, 0.1) is 24.7 Å². The van der Waals surface area contributed by atoms with E-state index in [0.29, 0.717) is 23.7 Å². The molecule has 33 heavy (non-hydrogen) atoms. The highest BCUT2D eigenvalue weighted by atomic mass is 16.6. The van der Waals surface area contributed by atoms with Gasteiger partial charge in [-0.05, 0) is 50.7 Å². The number of aromatic amines is 1. The van der Waals surface area contributed by atoms with Gasteiger partial charge in [0.05, 0.1) is 11.7 Å². The van der Waals surface area contributed by atoms with Crippen LogP contribution in [0.3, 0.4) is 0 Å². The smallest absolute Gasteiger partial charge is 0.338 e. The Morgan fingerprint density at radius 3 is 2.73 bits per heavy atom. The second-order valence-electron chi connectivity index (χ2n) is 8.96. The van der Waals surface area contributed by atoms with Crippen molar-refractivity contribution in [3.05, 3.63) is 68.5 Å². The molecule has 9 heteroatoms. The molecule has 2 heterocycles. The predicted octanol–water partition coefficient (Wildman–Crippen LogP) is 1.64. The number of nitrogens with one attached hydrogen (secondary N) is 1. The van der Waals surface area contributed by atoms with Crippen molar-refractivity contribution >= 4 is 5.97 Å². The molecule has 3 unspecified atom stereocenters. The van der Waals surface area contributed by atoms with Gasteiger partial charge in [0.2, 0.25) is 0 Å². The van der Waals surface area contributed by atoms with Crippen molar-refractivity contribution in [2.24, 2.45) is 17.8 Å². The number of aliphatic hydroxyl groups is 1. The van der Waals surface area contributed by atoms with E-state index in [1.807, 2.05) is 0 Å². The van der Waals surface area contributed by atoms with E-state index in [1.54, 1.807) is 51.3 Å². The highest BCUT2D eigenvalue weighted by Gasteiger charge is 2.57. The van der Waals surface area contributed by atoms with Gasteiger partial charge in [0.1, 0.15) is 18.4 Å². The van der Waals surface area contributed by atoms with Crippen LogP contribution in [-0.2, 0) is 14.2 Å². The van der Waals surface area contributed by atoms with Crippen molar-refractivity contribution in [1.29, 1.82) is 0 Å². The van der Waals surface area contributed by atoms with Crippen LogP contribution >= 0.6 is 0 Å². The number of hydrogen-bond acceptors (Lipinski definition) is 7. The van der Waals surface area contributed by atoms with Crippen LogP contribution in [0.1, 0.15) is 41.9 Å². The van der Waals surface area contributed by atoms with Crippen molar-refractivity contribution in [3.8, 4) is 0 Å². The molecular formula is C24H30N2O7. The van der Waals surface area contributed by atoms with Gasteiger partial charge >= 0.3 is 11.7 Å². The molecule has 0 amide bonds. The summed E-state index contributed by atoms with van der Waals surface area (Å²) >= 11 is 0. The Hall–Kier alpha value is -2.75. The minimum absolute atomic E-state index is 0.126. The van der Waals surface area contributed by atoms with E-state index < -0.39 is 47.7 Å². The lowest BCUT2D eigenvalue weighted by atomic mass is 9.91. The number of carbonyl (C=O) groups excluding carboxylic acids is 1. The average molecular weight is 459 g/mol. The summed E-state index contributed by atoms with van der Waals surface area (Å²) in [6, 6.07) is 8.59. The molecular weight excluding hydrogens is 428 g/mol. The summed E-state index contributed by atoms with van der Waals surface area (Å²) < 4.78 is 18.3. The fourth-order valence-electron chi connectivity index (χ4n) is 4.82. The van der Waals surface area contributed by atoms with Gasteiger partial charge < -0.3 is 19.3 Å². The largest absolute Gasteiger partial charge is 0.456 e. The first-order chi connectivity index (χ1) is 15.8. The zero-order valence-corrected chi connectivity index (χ0v) is 19.0. The number of methoxy groups -OCH3 is 1. The van der Waals surface area contributed by atoms with E-state index in [-0.39, 0.29) is 5.92 Å². The number of hydrogen-bond donors (Lipinski definition) is 2. The predicted molar refractivity (Wildman–Crippen MR) is 119 cm³/mol. The Bertz CT molecular complexity index is 1100. The molecule has 4 rings (SSSR count). The number of ether oxygens (including phenoxy) is 3. The van der Waals surface area contributed by atoms with Gasteiger partial charge in [-0.1, -0.05) is 18.2 Å². The maximum absolute atomic E-state index is 12.6. The first-order valence-corrected chi connectivity index (χ1v) is 11.2. The molecule has 178 valence electrons. The molecule has 2 N–H and O–H groups in total. The number of aromatic nitrogens is 2. The zero-order valence-electron chi connectivity index (χ0n) is 19.0. The molecule has 2 fully saturated rings. The maximum atomic E-state index is 12.6. The van der Waals surface area contributed by atoms with Crippen molar-refractivity contribution < 1.29 is 24.1 Å². The number of aliphatic hydroxyl groups excluding tert-OH is 1. The molecule has 1 aliphatic carbocycles. The fraction of sp³-hybridized carbons (Fsp3) is 0.542. The lowest BCUT2D eigenvalue weighted by Gasteiger charge is -2.23. The number of benzene rings is 1.